The van der Waals surface area contributed by atoms with Crippen LogP contribution in [0.3, 0.4) is 0 Å². The van der Waals surface area contributed by atoms with Gasteiger partial charge in [0.1, 0.15) is 29.0 Å². The molecule has 0 radical (unpaired) electrons. The van der Waals surface area contributed by atoms with Crippen molar-refractivity contribution in [2.75, 3.05) is 19.8 Å². The topological polar surface area (TPSA) is 38.8 Å². The molecule has 7 heteroatoms. The van der Waals surface area contributed by atoms with Crippen LogP contribution >= 0.6 is 35.6 Å². The van der Waals surface area contributed by atoms with Crippen LogP contribution in [0.5, 0.6) is 11.5 Å². The van der Waals surface area contributed by atoms with Gasteiger partial charge in [0.2, 0.25) is 0 Å². The minimum absolute atomic E-state index is 0.0654. The van der Waals surface area contributed by atoms with E-state index in [4.69, 9.17) is 33.3 Å². The molecule has 1 aliphatic rings. The molecule has 1 aliphatic heterocycles. The standard InChI is InChI=1S/C20H18ClNO3S2/c1-2-22-19(23)18(27-20(22)26)13-14-7-3-5-9-16(14)24-11-12-25-17-10-6-4-8-15(17)21/h3-10,13H,2,11-12H2,1H3. The number of halogens is 1. The molecule has 0 atom stereocenters. The van der Waals surface area contributed by atoms with E-state index in [1.165, 1.54) is 11.8 Å². The van der Waals surface area contributed by atoms with Crippen molar-refractivity contribution in [3.63, 3.8) is 0 Å². The molecule has 1 amide bonds. The Bertz CT molecular complexity index is 885. The maximum absolute atomic E-state index is 12.4. The van der Waals surface area contributed by atoms with Gasteiger partial charge in [0.05, 0.1) is 9.93 Å². The summed E-state index contributed by atoms with van der Waals surface area (Å²) in [6.07, 6.45) is 1.82. The van der Waals surface area contributed by atoms with Crippen molar-refractivity contribution in [3.8, 4) is 11.5 Å². The first-order chi connectivity index (χ1) is 13.1. The number of carbonyl (C=O) groups excluding carboxylic acids is 1. The molecule has 0 aliphatic carbocycles. The van der Waals surface area contributed by atoms with Crippen LogP contribution in [0.15, 0.2) is 53.4 Å². The number of para-hydroxylation sites is 2. The Morgan fingerprint density at radius 1 is 1.07 bits per heavy atom. The number of benzene rings is 2. The Kier molecular flexibility index (Phi) is 6.77. The van der Waals surface area contributed by atoms with Crippen LogP contribution in [0.4, 0.5) is 0 Å². The molecule has 1 fully saturated rings. The number of nitrogens with zero attached hydrogens (tertiary/aromatic N) is 1. The number of amides is 1. The van der Waals surface area contributed by atoms with E-state index in [1.54, 1.807) is 11.0 Å². The van der Waals surface area contributed by atoms with Crippen molar-refractivity contribution in [1.82, 2.24) is 4.90 Å². The summed E-state index contributed by atoms with van der Waals surface area (Å²) >= 11 is 12.6. The van der Waals surface area contributed by atoms with Crippen LogP contribution < -0.4 is 9.47 Å². The van der Waals surface area contributed by atoms with Crippen LogP contribution in [0, 0.1) is 0 Å². The van der Waals surface area contributed by atoms with Gasteiger partial charge in [0.25, 0.3) is 5.91 Å². The molecule has 27 heavy (non-hydrogen) atoms. The summed E-state index contributed by atoms with van der Waals surface area (Å²) in [5, 5.41) is 0.566. The minimum atomic E-state index is -0.0654. The predicted molar refractivity (Wildman–Crippen MR) is 114 cm³/mol. The van der Waals surface area contributed by atoms with E-state index < -0.39 is 0 Å². The summed E-state index contributed by atoms with van der Waals surface area (Å²) < 4.78 is 12.1. The highest BCUT2D eigenvalue weighted by Gasteiger charge is 2.30. The third-order valence-corrected chi connectivity index (χ3v) is 5.52. The summed E-state index contributed by atoms with van der Waals surface area (Å²) in [6.45, 7) is 3.19. The molecule has 0 unspecified atom stereocenters. The van der Waals surface area contributed by atoms with E-state index in [0.29, 0.717) is 45.5 Å². The number of thioether (sulfide) groups is 1. The summed E-state index contributed by atoms with van der Waals surface area (Å²) in [6, 6.07) is 14.9. The lowest BCUT2D eigenvalue weighted by molar-refractivity contribution is -0.121. The van der Waals surface area contributed by atoms with Crippen molar-refractivity contribution in [2.45, 2.75) is 6.92 Å². The van der Waals surface area contributed by atoms with Crippen LogP contribution in [0.2, 0.25) is 5.02 Å². The Morgan fingerprint density at radius 3 is 2.37 bits per heavy atom. The molecule has 0 spiro atoms. The molecule has 1 heterocycles. The Morgan fingerprint density at radius 2 is 1.70 bits per heavy atom. The molecule has 0 bridgehead atoms. The molecule has 3 rings (SSSR count). The number of likely N-dealkylation sites (N-methyl/N-ethyl adjacent to an activating group) is 1. The van der Waals surface area contributed by atoms with Crippen LogP contribution in [-0.2, 0) is 4.79 Å². The molecular weight excluding hydrogens is 402 g/mol. The smallest absolute Gasteiger partial charge is 0.266 e. The van der Waals surface area contributed by atoms with E-state index in [9.17, 15) is 4.79 Å². The average molecular weight is 420 g/mol. The number of hydrogen-bond donors (Lipinski definition) is 0. The fourth-order valence-corrected chi connectivity index (χ4v) is 4.08. The summed E-state index contributed by atoms with van der Waals surface area (Å²) in [5.74, 6) is 1.24. The van der Waals surface area contributed by atoms with Gasteiger partial charge in [0, 0.05) is 12.1 Å². The molecule has 4 nitrogen and oxygen atoms in total. The molecule has 2 aromatic rings. The average Bonchev–Trinajstić information content (AvgIpc) is 2.94. The first kappa shape index (κ1) is 19.7. The quantitative estimate of drug-likeness (QED) is 0.358. The van der Waals surface area contributed by atoms with Gasteiger partial charge in [-0.05, 0) is 31.2 Å². The Labute approximate surface area is 173 Å². The third kappa shape index (κ3) is 4.83. The second-order valence-corrected chi connectivity index (χ2v) is 7.67. The van der Waals surface area contributed by atoms with E-state index in [1.807, 2.05) is 55.5 Å². The maximum atomic E-state index is 12.4. The summed E-state index contributed by atoms with van der Waals surface area (Å²) in [7, 11) is 0. The van der Waals surface area contributed by atoms with Gasteiger partial charge < -0.3 is 9.47 Å². The van der Waals surface area contributed by atoms with Crippen molar-refractivity contribution in [1.29, 1.82) is 0 Å². The van der Waals surface area contributed by atoms with Gasteiger partial charge in [-0.25, -0.2) is 0 Å². The van der Waals surface area contributed by atoms with E-state index in [2.05, 4.69) is 0 Å². The SMILES string of the molecule is CCN1C(=O)C(=Cc2ccccc2OCCOc2ccccc2Cl)SC1=S. The second kappa shape index (κ2) is 9.26. The zero-order valence-corrected chi connectivity index (χ0v) is 17.1. The van der Waals surface area contributed by atoms with Gasteiger partial charge in [-0.3, -0.25) is 9.69 Å². The predicted octanol–water partition coefficient (Wildman–Crippen LogP) is 5.02. The molecule has 0 N–H and O–H groups in total. The van der Waals surface area contributed by atoms with E-state index in [-0.39, 0.29) is 5.91 Å². The van der Waals surface area contributed by atoms with Crippen molar-refractivity contribution < 1.29 is 14.3 Å². The second-order valence-electron chi connectivity index (χ2n) is 5.59. The normalized spacial score (nSPS) is 15.5. The van der Waals surface area contributed by atoms with E-state index in [0.717, 1.165) is 5.56 Å². The Hall–Kier alpha value is -2.02. The van der Waals surface area contributed by atoms with Crippen molar-refractivity contribution in [3.05, 3.63) is 64.0 Å². The zero-order chi connectivity index (χ0) is 19.2. The molecule has 2 aromatic carbocycles. The number of thiocarbonyl (C=S) groups is 1. The molecule has 0 aromatic heterocycles. The lowest BCUT2D eigenvalue weighted by Gasteiger charge is -2.11. The van der Waals surface area contributed by atoms with Gasteiger partial charge in [-0.1, -0.05) is 65.9 Å². The first-order valence-corrected chi connectivity index (χ1v) is 10.0. The molecular formula is C20H18ClNO3S2. The highest BCUT2D eigenvalue weighted by molar-refractivity contribution is 8.26. The van der Waals surface area contributed by atoms with Crippen molar-refractivity contribution >= 4 is 51.9 Å². The minimum Gasteiger partial charge on any atom is -0.489 e. The highest BCUT2D eigenvalue weighted by atomic mass is 35.5. The fraction of sp³-hybridized carbons (Fsp3) is 0.200. The number of carbonyl (C=O) groups is 1. The maximum Gasteiger partial charge on any atom is 0.266 e. The van der Waals surface area contributed by atoms with Crippen LogP contribution in [0.1, 0.15) is 12.5 Å². The largest absolute Gasteiger partial charge is 0.489 e. The van der Waals surface area contributed by atoms with E-state index >= 15 is 0 Å². The third-order valence-electron chi connectivity index (χ3n) is 3.83. The van der Waals surface area contributed by atoms with Gasteiger partial charge in [0.15, 0.2) is 0 Å². The molecule has 140 valence electrons. The van der Waals surface area contributed by atoms with Crippen LogP contribution in [0.25, 0.3) is 6.08 Å². The van der Waals surface area contributed by atoms with Gasteiger partial charge in [-0.15, -0.1) is 0 Å². The monoisotopic (exact) mass is 419 g/mol. The summed E-state index contributed by atoms with van der Waals surface area (Å²) in [4.78, 5) is 14.6. The number of rotatable bonds is 7. The lowest BCUT2D eigenvalue weighted by Crippen LogP contribution is -2.27. The fourth-order valence-electron chi connectivity index (χ4n) is 2.51. The first-order valence-electron chi connectivity index (χ1n) is 8.44. The Balaban J connectivity index is 1.64. The highest BCUT2D eigenvalue weighted by Crippen LogP contribution is 2.34. The number of hydrogen-bond acceptors (Lipinski definition) is 5. The van der Waals surface area contributed by atoms with Crippen molar-refractivity contribution in [2.24, 2.45) is 0 Å². The summed E-state index contributed by atoms with van der Waals surface area (Å²) in [5.41, 5.74) is 0.826. The number of ether oxygens (including phenoxy) is 2. The van der Waals surface area contributed by atoms with Crippen LogP contribution in [-0.4, -0.2) is 34.9 Å². The molecule has 0 saturated carbocycles. The lowest BCUT2D eigenvalue weighted by atomic mass is 10.2. The van der Waals surface area contributed by atoms with Gasteiger partial charge >= 0.3 is 0 Å². The zero-order valence-electron chi connectivity index (χ0n) is 14.7. The molecule has 1 saturated heterocycles. The van der Waals surface area contributed by atoms with Gasteiger partial charge in [-0.2, -0.15) is 0 Å².